The molecule has 0 radical (unpaired) electrons. The molecule has 1 amide bonds. The highest BCUT2D eigenvalue weighted by Gasteiger charge is 2.20. The van der Waals surface area contributed by atoms with Crippen LogP contribution in [0.1, 0.15) is 35.8 Å². The first-order valence-electron chi connectivity index (χ1n) is 9.02. The molecule has 7 heteroatoms. The Hall–Kier alpha value is -2.51. The predicted octanol–water partition coefficient (Wildman–Crippen LogP) is 4.18. The number of nitrogens with one attached hydrogen (secondary N) is 3. The summed E-state index contributed by atoms with van der Waals surface area (Å²) in [5, 5.41) is 2.96. The Morgan fingerprint density at radius 1 is 1.19 bits per heavy atom. The molecule has 0 aliphatic rings. The van der Waals surface area contributed by atoms with E-state index in [1.54, 1.807) is 0 Å². The summed E-state index contributed by atoms with van der Waals surface area (Å²) in [5.74, 6) is -0.820. The number of carbonyl (C=O) groups excluding carboxylic acids is 1. The summed E-state index contributed by atoms with van der Waals surface area (Å²) >= 11 is 5.07. The van der Waals surface area contributed by atoms with Gasteiger partial charge >= 0.3 is 0 Å². The fourth-order valence-electron chi connectivity index (χ4n) is 3.37. The second kappa shape index (κ2) is 8.45. The molecule has 5 nitrogen and oxygen atoms in total. The fraction of sp³-hybridized carbons (Fsp3) is 0.300. The van der Waals surface area contributed by atoms with Gasteiger partial charge < -0.3 is 15.3 Å². The summed E-state index contributed by atoms with van der Waals surface area (Å²) < 4.78 is 14.3. The Morgan fingerprint density at radius 2 is 1.89 bits per heavy atom. The highest BCUT2D eigenvalue weighted by Crippen LogP contribution is 2.21. The number of H-pyrrole nitrogens is 2. The third-order valence-corrected chi connectivity index (χ3v) is 4.93. The molecular weight excluding hydrogens is 363 g/mol. The summed E-state index contributed by atoms with van der Waals surface area (Å²) in [6.45, 7) is 6.34. The van der Waals surface area contributed by atoms with E-state index in [0.29, 0.717) is 22.3 Å². The van der Waals surface area contributed by atoms with Gasteiger partial charge in [0.05, 0.1) is 22.6 Å². The van der Waals surface area contributed by atoms with Crippen molar-refractivity contribution in [3.8, 4) is 0 Å². The van der Waals surface area contributed by atoms with Gasteiger partial charge in [-0.1, -0.05) is 44.2 Å². The largest absolute Gasteiger partial charge is 0.350 e. The normalized spacial score (nSPS) is 12.4. The van der Waals surface area contributed by atoms with E-state index >= 15 is 0 Å². The number of aromatic nitrogens is 2. The molecule has 0 aliphatic heterocycles. The zero-order chi connectivity index (χ0) is 19.4. The molecule has 0 bridgehead atoms. The number of nitrogens with zero attached hydrogens (tertiary/aromatic N) is 1. The zero-order valence-electron chi connectivity index (χ0n) is 15.4. The minimum absolute atomic E-state index is 0.0407. The Morgan fingerprint density at radius 3 is 2.56 bits per heavy atom. The molecule has 0 spiro atoms. The molecule has 0 saturated carbocycles. The fourth-order valence-corrected chi connectivity index (χ4v) is 3.58. The minimum atomic E-state index is -0.485. The SMILES string of the molecule is CCN(CC)C(CNC(=O)c1cc(F)cc2[nH]c(=S)[nH]c12)c1ccccc1. The number of amides is 1. The molecule has 1 heterocycles. The van der Waals surface area contributed by atoms with E-state index in [1.807, 2.05) is 18.2 Å². The standard InChI is InChI=1S/C20H23FN4OS/c1-3-25(4-2)17(13-8-6-5-7-9-13)12-22-19(26)15-10-14(21)11-16-18(15)24-20(27)23-16/h5-11,17H,3-4,12H2,1-2H3,(H,22,26)(H2,23,24,27). The number of hydrogen-bond acceptors (Lipinski definition) is 3. The lowest BCUT2D eigenvalue weighted by atomic mass is 10.0. The van der Waals surface area contributed by atoms with Crippen LogP contribution >= 0.6 is 12.2 Å². The van der Waals surface area contributed by atoms with Crippen LogP contribution in [0, 0.1) is 10.6 Å². The average molecular weight is 386 g/mol. The van der Waals surface area contributed by atoms with Gasteiger partial charge in [0, 0.05) is 6.54 Å². The van der Waals surface area contributed by atoms with Crippen LogP contribution in [0.3, 0.4) is 0 Å². The van der Waals surface area contributed by atoms with Crippen LogP contribution in [0.15, 0.2) is 42.5 Å². The van der Waals surface area contributed by atoms with Gasteiger partial charge in [-0.3, -0.25) is 9.69 Å². The van der Waals surface area contributed by atoms with Gasteiger partial charge in [0.25, 0.3) is 5.91 Å². The van der Waals surface area contributed by atoms with Crippen molar-refractivity contribution in [1.82, 2.24) is 20.2 Å². The second-order valence-electron chi connectivity index (χ2n) is 6.31. The number of halogens is 1. The van der Waals surface area contributed by atoms with Gasteiger partial charge in [-0.25, -0.2) is 4.39 Å². The number of benzene rings is 2. The molecule has 0 saturated heterocycles. The Labute approximate surface area is 162 Å². The van der Waals surface area contributed by atoms with Gasteiger partial charge in [0.15, 0.2) is 4.77 Å². The first kappa shape index (κ1) is 19.3. The summed E-state index contributed by atoms with van der Waals surface area (Å²) in [4.78, 5) is 20.8. The third kappa shape index (κ3) is 4.26. The van der Waals surface area contributed by atoms with Crippen LogP contribution in [0.5, 0.6) is 0 Å². The molecule has 1 aromatic heterocycles. The highest BCUT2D eigenvalue weighted by molar-refractivity contribution is 7.71. The van der Waals surface area contributed by atoms with Crippen molar-refractivity contribution >= 4 is 29.2 Å². The van der Waals surface area contributed by atoms with Gasteiger partial charge in [0.2, 0.25) is 0 Å². The minimum Gasteiger partial charge on any atom is -0.350 e. The molecule has 27 heavy (non-hydrogen) atoms. The molecule has 1 unspecified atom stereocenters. The topological polar surface area (TPSA) is 63.9 Å². The van der Waals surface area contributed by atoms with Crippen molar-refractivity contribution in [2.45, 2.75) is 19.9 Å². The van der Waals surface area contributed by atoms with Gasteiger partial charge in [0.1, 0.15) is 5.82 Å². The molecule has 3 rings (SSSR count). The maximum atomic E-state index is 13.9. The molecule has 142 valence electrons. The van der Waals surface area contributed by atoms with Crippen LogP contribution in [0.2, 0.25) is 0 Å². The van der Waals surface area contributed by atoms with Crippen molar-refractivity contribution in [2.75, 3.05) is 19.6 Å². The van der Waals surface area contributed by atoms with E-state index in [4.69, 9.17) is 12.2 Å². The lowest BCUT2D eigenvalue weighted by molar-refractivity contribution is 0.0936. The number of likely N-dealkylation sites (N-methyl/N-ethyl adjacent to an activating group) is 1. The van der Waals surface area contributed by atoms with Crippen molar-refractivity contribution in [3.63, 3.8) is 0 Å². The number of carbonyl (C=O) groups is 1. The first-order valence-corrected chi connectivity index (χ1v) is 9.43. The van der Waals surface area contributed by atoms with Crippen LogP contribution in [-0.4, -0.2) is 40.4 Å². The van der Waals surface area contributed by atoms with Crippen LogP contribution in [0.25, 0.3) is 11.0 Å². The van der Waals surface area contributed by atoms with Crippen molar-refractivity contribution in [3.05, 3.63) is 64.2 Å². The van der Waals surface area contributed by atoms with E-state index in [2.05, 4.69) is 46.2 Å². The lowest BCUT2D eigenvalue weighted by Gasteiger charge is -2.30. The van der Waals surface area contributed by atoms with E-state index in [9.17, 15) is 9.18 Å². The Bertz CT molecular complexity index is 979. The number of fused-ring (bicyclic) bond motifs is 1. The van der Waals surface area contributed by atoms with Crippen molar-refractivity contribution < 1.29 is 9.18 Å². The predicted molar refractivity (Wildman–Crippen MR) is 108 cm³/mol. The maximum Gasteiger partial charge on any atom is 0.253 e. The van der Waals surface area contributed by atoms with Crippen LogP contribution in [-0.2, 0) is 0 Å². The lowest BCUT2D eigenvalue weighted by Crippen LogP contribution is -2.38. The monoisotopic (exact) mass is 386 g/mol. The summed E-state index contributed by atoms with van der Waals surface area (Å²) in [6, 6.07) is 12.6. The smallest absolute Gasteiger partial charge is 0.253 e. The van der Waals surface area contributed by atoms with Crippen LogP contribution in [0.4, 0.5) is 4.39 Å². The Balaban J connectivity index is 1.85. The van der Waals surface area contributed by atoms with Crippen molar-refractivity contribution in [1.29, 1.82) is 0 Å². The number of aromatic amines is 2. The van der Waals surface area contributed by atoms with Gasteiger partial charge in [-0.05, 0) is 43.0 Å². The summed E-state index contributed by atoms with van der Waals surface area (Å²) in [7, 11) is 0. The first-order chi connectivity index (χ1) is 13.0. The highest BCUT2D eigenvalue weighted by atomic mass is 32.1. The number of hydrogen-bond donors (Lipinski definition) is 3. The van der Waals surface area contributed by atoms with E-state index in [0.717, 1.165) is 18.7 Å². The number of rotatable bonds is 7. The summed E-state index contributed by atoms with van der Waals surface area (Å²) in [5.41, 5.74) is 2.36. The third-order valence-electron chi connectivity index (χ3n) is 4.73. The quantitative estimate of drug-likeness (QED) is 0.534. The van der Waals surface area contributed by atoms with E-state index < -0.39 is 5.82 Å². The van der Waals surface area contributed by atoms with E-state index in [1.165, 1.54) is 12.1 Å². The van der Waals surface area contributed by atoms with Crippen LogP contribution < -0.4 is 5.32 Å². The average Bonchev–Trinajstić information content (AvgIpc) is 3.04. The van der Waals surface area contributed by atoms with Crippen molar-refractivity contribution in [2.24, 2.45) is 0 Å². The summed E-state index contributed by atoms with van der Waals surface area (Å²) in [6.07, 6.45) is 0. The molecule has 2 aromatic carbocycles. The molecule has 1 atom stereocenters. The molecule has 0 fully saturated rings. The van der Waals surface area contributed by atoms with Gasteiger partial charge in [-0.15, -0.1) is 0 Å². The second-order valence-corrected chi connectivity index (χ2v) is 6.72. The molecule has 0 aliphatic carbocycles. The van der Waals surface area contributed by atoms with Gasteiger partial charge in [-0.2, -0.15) is 0 Å². The Kier molecular flexibility index (Phi) is 6.03. The maximum absolute atomic E-state index is 13.9. The zero-order valence-corrected chi connectivity index (χ0v) is 16.2. The van der Waals surface area contributed by atoms with E-state index in [-0.39, 0.29) is 17.5 Å². The molecule has 3 N–H and O–H groups in total. The number of imidazole rings is 1. The molecule has 3 aromatic rings. The molecular formula is C20H23FN4OS.